The van der Waals surface area contributed by atoms with Crippen LogP contribution >= 0.6 is 0 Å². The van der Waals surface area contributed by atoms with Crippen molar-refractivity contribution in [3.8, 4) is 11.3 Å². The van der Waals surface area contributed by atoms with Crippen molar-refractivity contribution < 1.29 is 13.2 Å². The van der Waals surface area contributed by atoms with E-state index < -0.39 is 17.3 Å². The Kier molecular flexibility index (Phi) is 6.51. The van der Waals surface area contributed by atoms with Crippen LogP contribution in [0.1, 0.15) is 41.5 Å². The minimum absolute atomic E-state index is 0.213. The Morgan fingerprint density at radius 3 is 2.12 bits per heavy atom. The van der Waals surface area contributed by atoms with Gasteiger partial charge in [0, 0.05) is 12.6 Å². The van der Waals surface area contributed by atoms with Gasteiger partial charge in [0.05, 0.1) is 17.8 Å². The van der Waals surface area contributed by atoms with Crippen molar-refractivity contribution in [2.24, 2.45) is 0 Å². The van der Waals surface area contributed by atoms with E-state index in [2.05, 4.69) is 4.90 Å². The molecule has 1 aliphatic heterocycles. The molecule has 6 heteroatoms. The molecule has 0 saturated carbocycles. The molecule has 2 aromatic carbocycles. The number of hydrogen-bond acceptors (Lipinski definition) is 2. The van der Waals surface area contributed by atoms with Crippen LogP contribution in [-0.4, -0.2) is 22.6 Å². The highest BCUT2D eigenvalue weighted by Gasteiger charge is 2.32. The molecule has 168 valence electrons. The number of benzene rings is 2. The fraction of sp³-hybridized carbons (Fsp3) is 0.346. The van der Waals surface area contributed by atoms with Crippen molar-refractivity contribution in [2.45, 2.75) is 45.5 Å². The number of piperidine rings is 1. The summed E-state index contributed by atoms with van der Waals surface area (Å²) in [6, 6.07) is 17.0. The smallest absolute Gasteiger partial charge is 0.304 e. The van der Waals surface area contributed by atoms with E-state index in [1.54, 1.807) is 18.2 Å². The van der Waals surface area contributed by atoms with Gasteiger partial charge in [-0.3, -0.25) is 9.69 Å². The van der Waals surface area contributed by atoms with Crippen LogP contribution in [0, 0.1) is 6.92 Å². The molecule has 0 amide bonds. The fourth-order valence-corrected chi connectivity index (χ4v) is 4.28. The zero-order chi connectivity index (χ0) is 22.7. The van der Waals surface area contributed by atoms with Crippen molar-refractivity contribution in [3.05, 3.63) is 93.3 Å². The molecule has 0 spiro atoms. The molecule has 4 rings (SSSR count). The van der Waals surface area contributed by atoms with Gasteiger partial charge < -0.3 is 4.57 Å². The molecule has 0 aliphatic carbocycles. The number of rotatable bonds is 5. The monoisotopic (exact) mass is 440 g/mol. The van der Waals surface area contributed by atoms with E-state index >= 15 is 0 Å². The molecule has 0 unspecified atom stereocenters. The molecular weight excluding hydrogens is 413 g/mol. The van der Waals surface area contributed by atoms with E-state index in [0.717, 1.165) is 36.8 Å². The van der Waals surface area contributed by atoms with Crippen LogP contribution in [0.4, 0.5) is 13.2 Å². The summed E-state index contributed by atoms with van der Waals surface area (Å²) < 4.78 is 41.6. The highest BCUT2D eigenvalue weighted by Crippen LogP contribution is 2.31. The summed E-state index contributed by atoms with van der Waals surface area (Å²) in [6.45, 7) is 5.21. The standard InChI is InChI=1S/C26H27F3N2O/c1-19-6-5-7-22(14-19)24-15-23(26(27,28)29)16-25(32)31(24)18-21-10-8-20(9-11-21)17-30-12-3-2-4-13-30/h5-11,14-16H,2-4,12-13,17-18H2,1H3. The zero-order valence-electron chi connectivity index (χ0n) is 18.2. The molecule has 0 radical (unpaired) electrons. The molecule has 0 bridgehead atoms. The van der Waals surface area contributed by atoms with Crippen molar-refractivity contribution in [3.63, 3.8) is 0 Å². The van der Waals surface area contributed by atoms with Crippen molar-refractivity contribution in [2.75, 3.05) is 13.1 Å². The third-order valence-corrected chi connectivity index (χ3v) is 5.99. The number of hydrogen-bond donors (Lipinski definition) is 0. The van der Waals surface area contributed by atoms with Crippen LogP contribution in [0.2, 0.25) is 0 Å². The summed E-state index contributed by atoms with van der Waals surface area (Å²) in [7, 11) is 0. The first-order valence-electron chi connectivity index (χ1n) is 11.0. The van der Waals surface area contributed by atoms with Gasteiger partial charge in [0.15, 0.2) is 0 Å². The van der Waals surface area contributed by atoms with Crippen LogP contribution in [0.15, 0.2) is 65.5 Å². The molecule has 0 atom stereocenters. The van der Waals surface area contributed by atoms with Crippen molar-refractivity contribution in [1.82, 2.24) is 9.47 Å². The van der Waals surface area contributed by atoms with Crippen molar-refractivity contribution >= 4 is 0 Å². The average molecular weight is 441 g/mol. The van der Waals surface area contributed by atoms with Gasteiger partial charge in [-0.25, -0.2) is 0 Å². The minimum Gasteiger partial charge on any atom is -0.304 e. The second kappa shape index (κ2) is 9.33. The molecule has 3 aromatic rings. The first-order chi connectivity index (χ1) is 15.3. The van der Waals surface area contributed by atoms with Gasteiger partial charge in [-0.1, -0.05) is 54.4 Å². The average Bonchev–Trinajstić information content (AvgIpc) is 2.76. The summed E-state index contributed by atoms with van der Waals surface area (Å²) in [5.41, 5.74) is 2.28. The lowest BCUT2D eigenvalue weighted by molar-refractivity contribution is -0.137. The molecule has 0 N–H and O–H groups in total. The SMILES string of the molecule is Cc1cccc(-c2cc(C(F)(F)F)cc(=O)n2Cc2ccc(CN3CCCCC3)cc2)c1. The number of likely N-dealkylation sites (tertiary alicyclic amines) is 1. The number of nitrogens with zero attached hydrogens (tertiary/aromatic N) is 2. The molecule has 1 saturated heterocycles. The Morgan fingerprint density at radius 2 is 1.50 bits per heavy atom. The summed E-state index contributed by atoms with van der Waals surface area (Å²) in [5, 5.41) is 0. The molecule has 1 fully saturated rings. The van der Waals surface area contributed by atoms with Crippen LogP contribution < -0.4 is 5.56 Å². The largest absolute Gasteiger partial charge is 0.416 e. The molecule has 2 heterocycles. The third kappa shape index (κ3) is 5.30. The van der Waals surface area contributed by atoms with Crippen LogP contribution in [0.3, 0.4) is 0 Å². The predicted octanol–water partition coefficient (Wildman–Crippen LogP) is 5.88. The van der Waals surface area contributed by atoms with E-state index in [1.807, 2.05) is 37.3 Å². The Balaban J connectivity index is 1.64. The van der Waals surface area contributed by atoms with Crippen LogP contribution in [-0.2, 0) is 19.3 Å². The van der Waals surface area contributed by atoms with Gasteiger partial charge in [-0.05, 0) is 61.7 Å². The molecule has 1 aliphatic rings. The second-order valence-electron chi connectivity index (χ2n) is 8.57. The Morgan fingerprint density at radius 1 is 0.844 bits per heavy atom. The van der Waals surface area contributed by atoms with Crippen molar-refractivity contribution in [1.29, 1.82) is 0 Å². The summed E-state index contributed by atoms with van der Waals surface area (Å²) in [5.74, 6) is 0. The van der Waals surface area contributed by atoms with E-state index in [9.17, 15) is 18.0 Å². The Hall–Kier alpha value is -2.86. The lowest BCUT2D eigenvalue weighted by Gasteiger charge is -2.26. The minimum atomic E-state index is -4.58. The van der Waals surface area contributed by atoms with Gasteiger partial charge in [-0.2, -0.15) is 13.2 Å². The van der Waals surface area contributed by atoms with Gasteiger partial charge in [0.25, 0.3) is 5.56 Å². The van der Waals surface area contributed by atoms with Gasteiger partial charge >= 0.3 is 6.18 Å². The van der Waals surface area contributed by atoms with E-state index in [4.69, 9.17) is 0 Å². The zero-order valence-corrected chi connectivity index (χ0v) is 18.2. The summed E-state index contributed by atoms with van der Waals surface area (Å²) >= 11 is 0. The summed E-state index contributed by atoms with van der Waals surface area (Å²) in [4.78, 5) is 15.2. The number of pyridine rings is 1. The topological polar surface area (TPSA) is 25.2 Å². The molecule has 3 nitrogen and oxygen atoms in total. The van der Waals surface area contributed by atoms with E-state index in [0.29, 0.717) is 11.6 Å². The summed E-state index contributed by atoms with van der Waals surface area (Å²) in [6.07, 6.45) is -0.819. The van der Waals surface area contributed by atoms with Crippen LogP contribution in [0.25, 0.3) is 11.3 Å². The van der Waals surface area contributed by atoms with Gasteiger partial charge in [0.2, 0.25) is 0 Å². The molecular formula is C26H27F3N2O. The Labute approximate surface area is 186 Å². The lowest BCUT2D eigenvalue weighted by atomic mass is 10.0. The van der Waals surface area contributed by atoms with Gasteiger partial charge in [-0.15, -0.1) is 0 Å². The van der Waals surface area contributed by atoms with E-state index in [-0.39, 0.29) is 12.2 Å². The van der Waals surface area contributed by atoms with Gasteiger partial charge in [0.1, 0.15) is 0 Å². The second-order valence-corrected chi connectivity index (χ2v) is 8.57. The first kappa shape index (κ1) is 22.3. The third-order valence-electron chi connectivity index (χ3n) is 5.99. The van der Waals surface area contributed by atoms with E-state index in [1.165, 1.54) is 29.4 Å². The number of halogens is 3. The predicted molar refractivity (Wildman–Crippen MR) is 121 cm³/mol. The highest BCUT2D eigenvalue weighted by atomic mass is 19.4. The van der Waals surface area contributed by atoms with Crippen LogP contribution in [0.5, 0.6) is 0 Å². The maximum absolute atomic E-state index is 13.4. The number of aryl methyl sites for hydroxylation is 1. The Bertz CT molecular complexity index is 1130. The normalized spacial score (nSPS) is 15.1. The maximum atomic E-state index is 13.4. The quantitative estimate of drug-likeness (QED) is 0.495. The first-order valence-corrected chi connectivity index (χ1v) is 11.0. The maximum Gasteiger partial charge on any atom is 0.416 e. The highest BCUT2D eigenvalue weighted by molar-refractivity contribution is 5.62. The number of aromatic nitrogens is 1. The fourth-order valence-electron chi connectivity index (χ4n) is 4.28. The molecule has 32 heavy (non-hydrogen) atoms. The molecule has 1 aromatic heterocycles. The number of alkyl halides is 3. The lowest BCUT2D eigenvalue weighted by Crippen LogP contribution is -2.29.